The maximum absolute atomic E-state index is 13.0. The largest absolute Gasteiger partial charge is 0.387 e. The molecule has 3 rings (SSSR count). The fraction of sp³-hybridized carbons (Fsp3) is 0.238. The molecule has 1 atom stereocenters. The average molecular weight is 367 g/mol. The van der Waals surface area contributed by atoms with Crippen molar-refractivity contribution < 1.29 is 14.3 Å². The summed E-state index contributed by atoms with van der Waals surface area (Å²) >= 11 is 0. The zero-order valence-electron chi connectivity index (χ0n) is 15.1. The fourth-order valence-corrected chi connectivity index (χ4v) is 2.95. The number of aliphatic hydroxyl groups excluding tert-OH is 1. The van der Waals surface area contributed by atoms with Gasteiger partial charge in [0, 0.05) is 6.54 Å². The van der Waals surface area contributed by atoms with Crippen molar-refractivity contribution in [1.82, 2.24) is 15.1 Å². The van der Waals surface area contributed by atoms with Crippen LogP contribution in [0.5, 0.6) is 0 Å². The van der Waals surface area contributed by atoms with Crippen LogP contribution in [0.15, 0.2) is 60.8 Å². The van der Waals surface area contributed by atoms with Crippen LogP contribution in [-0.2, 0) is 13.0 Å². The molecule has 0 aliphatic rings. The number of carbonyl (C=O) groups is 1. The maximum atomic E-state index is 13.0. The molecule has 140 valence electrons. The van der Waals surface area contributed by atoms with Crippen LogP contribution in [0.4, 0.5) is 4.39 Å². The molecule has 2 aromatic carbocycles. The van der Waals surface area contributed by atoms with Crippen LogP contribution < -0.4 is 5.32 Å². The van der Waals surface area contributed by atoms with Crippen molar-refractivity contribution in [3.8, 4) is 0 Å². The van der Waals surface area contributed by atoms with E-state index in [0.29, 0.717) is 24.1 Å². The highest BCUT2D eigenvalue weighted by Gasteiger charge is 2.17. The van der Waals surface area contributed by atoms with Crippen LogP contribution in [0.3, 0.4) is 0 Å². The highest BCUT2D eigenvalue weighted by Crippen LogP contribution is 2.15. The van der Waals surface area contributed by atoms with Crippen molar-refractivity contribution in [2.45, 2.75) is 26.0 Å². The summed E-state index contributed by atoms with van der Waals surface area (Å²) in [6, 6.07) is 15.5. The maximum Gasteiger partial charge on any atom is 0.254 e. The molecule has 0 spiro atoms. The van der Waals surface area contributed by atoms with Gasteiger partial charge in [-0.2, -0.15) is 5.10 Å². The van der Waals surface area contributed by atoms with Crippen molar-refractivity contribution in [2.24, 2.45) is 0 Å². The summed E-state index contributed by atoms with van der Waals surface area (Å²) in [5.41, 5.74) is 2.99. The molecule has 1 amide bonds. The third-order valence-corrected chi connectivity index (χ3v) is 4.41. The number of hydrogen-bond acceptors (Lipinski definition) is 3. The third-order valence-electron chi connectivity index (χ3n) is 4.41. The standard InChI is InChI=1S/C21H22FN3O2/c1-2-19-18(12-24-25(19)14-15-6-4-3-5-7-15)21(27)23-13-20(26)16-8-10-17(22)11-9-16/h3-12,20,26H,2,13-14H2,1H3,(H,23,27). The first kappa shape index (κ1) is 18.8. The summed E-state index contributed by atoms with van der Waals surface area (Å²) in [5.74, 6) is -0.652. The number of aliphatic hydroxyl groups is 1. The van der Waals surface area contributed by atoms with Crippen molar-refractivity contribution in [3.63, 3.8) is 0 Å². The summed E-state index contributed by atoms with van der Waals surface area (Å²) in [6.07, 6.45) is 1.32. The number of nitrogens with one attached hydrogen (secondary N) is 1. The first-order valence-electron chi connectivity index (χ1n) is 8.88. The first-order valence-corrected chi connectivity index (χ1v) is 8.88. The van der Waals surface area contributed by atoms with Crippen LogP contribution in [-0.4, -0.2) is 27.3 Å². The lowest BCUT2D eigenvalue weighted by Crippen LogP contribution is -2.29. The minimum absolute atomic E-state index is 0.0392. The van der Waals surface area contributed by atoms with Crippen molar-refractivity contribution in [3.05, 3.63) is 89.0 Å². The third kappa shape index (κ3) is 4.60. The van der Waals surface area contributed by atoms with E-state index in [9.17, 15) is 14.3 Å². The SMILES string of the molecule is CCc1c(C(=O)NCC(O)c2ccc(F)cc2)cnn1Cc1ccccc1. The molecule has 0 radical (unpaired) electrons. The Morgan fingerprint density at radius 3 is 2.56 bits per heavy atom. The number of nitrogens with zero attached hydrogens (tertiary/aromatic N) is 2. The summed E-state index contributed by atoms with van der Waals surface area (Å²) in [5, 5.41) is 17.3. The lowest BCUT2D eigenvalue weighted by Gasteiger charge is -2.13. The van der Waals surface area contributed by atoms with Crippen molar-refractivity contribution >= 4 is 5.91 Å². The van der Waals surface area contributed by atoms with Gasteiger partial charge in [-0.1, -0.05) is 49.4 Å². The van der Waals surface area contributed by atoms with Gasteiger partial charge in [0.2, 0.25) is 0 Å². The predicted octanol–water partition coefficient (Wildman–Crippen LogP) is 3.10. The topological polar surface area (TPSA) is 67.2 Å². The quantitative estimate of drug-likeness (QED) is 0.674. The summed E-state index contributed by atoms with van der Waals surface area (Å²) in [7, 11) is 0. The molecule has 0 aliphatic carbocycles. The van der Waals surface area contributed by atoms with Gasteiger partial charge in [0.25, 0.3) is 5.91 Å². The Bertz CT molecular complexity index is 892. The Balaban J connectivity index is 1.66. The van der Waals surface area contributed by atoms with Gasteiger partial charge in [-0.05, 0) is 29.7 Å². The second-order valence-electron chi connectivity index (χ2n) is 6.28. The minimum atomic E-state index is -0.904. The van der Waals surface area contributed by atoms with Crippen molar-refractivity contribution in [2.75, 3.05) is 6.54 Å². The number of hydrogen-bond donors (Lipinski definition) is 2. The Morgan fingerprint density at radius 2 is 1.89 bits per heavy atom. The Hall–Kier alpha value is -2.99. The normalized spacial score (nSPS) is 12.0. The number of amides is 1. The van der Waals surface area contributed by atoms with Gasteiger partial charge in [0.15, 0.2) is 0 Å². The predicted molar refractivity (Wildman–Crippen MR) is 101 cm³/mol. The van der Waals surface area contributed by atoms with Crippen LogP contribution in [0.1, 0.15) is 40.2 Å². The van der Waals surface area contributed by atoms with E-state index in [2.05, 4.69) is 10.4 Å². The van der Waals surface area contributed by atoms with Crippen LogP contribution in [0.2, 0.25) is 0 Å². The van der Waals surface area contributed by atoms with E-state index in [1.165, 1.54) is 24.3 Å². The molecular formula is C21H22FN3O2. The molecule has 0 saturated carbocycles. The molecule has 0 fully saturated rings. The molecule has 0 bridgehead atoms. The molecule has 2 N–H and O–H groups in total. The molecular weight excluding hydrogens is 345 g/mol. The van der Waals surface area contributed by atoms with E-state index >= 15 is 0 Å². The molecule has 0 aliphatic heterocycles. The van der Waals surface area contributed by atoms with Gasteiger partial charge in [0.05, 0.1) is 30.1 Å². The molecule has 1 aromatic heterocycles. The minimum Gasteiger partial charge on any atom is -0.387 e. The summed E-state index contributed by atoms with van der Waals surface area (Å²) < 4.78 is 14.8. The van der Waals surface area contributed by atoms with Crippen molar-refractivity contribution in [1.29, 1.82) is 0 Å². The molecule has 1 unspecified atom stereocenters. The first-order chi connectivity index (χ1) is 13.1. The molecule has 27 heavy (non-hydrogen) atoms. The number of aromatic nitrogens is 2. The monoisotopic (exact) mass is 367 g/mol. The molecule has 1 heterocycles. The van der Waals surface area contributed by atoms with Crippen LogP contribution in [0, 0.1) is 5.82 Å². The second kappa shape index (κ2) is 8.60. The van der Waals surface area contributed by atoms with Gasteiger partial charge in [-0.3, -0.25) is 9.48 Å². The number of halogens is 1. The molecule has 6 heteroatoms. The van der Waals surface area contributed by atoms with E-state index in [1.807, 2.05) is 41.9 Å². The van der Waals surface area contributed by atoms with E-state index in [-0.39, 0.29) is 18.3 Å². The Kier molecular flexibility index (Phi) is 5.98. The highest BCUT2D eigenvalue weighted by molar-refractivity contribution is 5.95. The lowest BCUT2D eigenvalue weighted by atomic mass is 10.1. The van der Waals surface area contributed by atoms with E-state index < -0.39 is 6.10 Å². The molecule has 0 saturated heterocycles. The smallest absolute Gasteiger partial charge is 0.254 e. The highest BCUT2D eigenvalue weighted by atomic mass is 19.1. The summed E-state index contributed by atoms with van der Waals surface area (Å²) in [6.45, 7) is 2.61. The summed E-state index contributed by atoms with van der Waals surface area (Å²) in [4.78, 5) is 12.5. The van der Waals surface area contributed by atoms with E-state index in [0.717, 1.165) is 11.3 Å². The second-order valence-corrected chi connectivity index (χ2v) is 6.28. The molecule has 5 nitrogen and oxygen atoms in total. The van der Waals surface area contributed by atoms with Crippen LogP contribution >= 0.6 is 0 Å². The van der Waals surface area contributed by atoms with E-state index in [4.69, 9.17) is 0 Å². The van der Waals surface area contributed by atoms with Gasteiger partial charge in [-0.15, -0.1) is 0 Å². The van der Waals surface area contributed by atoms with Gasteiger partial charge in [0.1, 0.15) is 5.82 Å². The van der Waals surface area contributed by atoms with Crippen LogP contribution in [0.25, 0.3) is 0 Å². The number of benzene rings is 2. The fourth-order valence-electron chi connectivity index (χ4n) is 2.95. The zero-order chi connectivity index (χ0) is 19.2. The lowest BCUT2D eigenvalue weighted by molar-refractivity contribution is 0.0915. The zero-order valence-corrected chi connectivity index (χ0v) is 15.1. The van der Waals surface area contributed by atoms with Gasteiger partial charge < -0.3 is 10.4 Å². The number of rotatable bonds is 7. The average Bonchev–Trinajstić information content (AvgIpc) is 3.09. The Morgan fingerprint density at radius 1 is 1.19 bits per heavy atom. The van der Waals surface area contributed by atoms with Gasteiger partial charge >= 0.3 is 0 Å². The number of carbonyl (C=O) groups excluding carboxylic acids is 1. The van der Waals surface area contributed by atoms with E-state index in [1.54, 1.807) is 6.20 Å². The molecule has 3 aromatic rings. The Labute approximate surface area is 157 Å². The van der Waals surface area contributed by atoms with Gasteiger partial charge in [-0.25, -0.2) is 4.39 Å².